The maximum Gasteiger partial charge on any atom is 0.323 e. The van der Waals surface area contributed by atoms with Crippen molar-refractivity contribution in [1.29, 1.82) is 0 Å². The van der Waals surface area contributed by atoms with Gasteiger partial charge in [-0.05, 0) is 19.1 Å². The second kappa shape index (κ2) is 6.61. The number of carbonyl (C=O) groups is 1. The zero-order valence-corrected chi connectivity index (χ0v) is 9.85. The van der Waals surface area contributed by atoms with Gasteiger partial charge in [0, 0.05) is 18.3 Å². The highest BCUT2D eigenvalue weighted by Crippen LogP contribution is 2.07. The number of hydrogen-bond acceptors (Lipinski definition) is 3. The van der Waals surface area contributed by atoms with Crippen molar-refractivity contribution in [2.45, 2.75) is 18.9 Å². The van der Waals surface area contributed by atoms with E-state index >= 15 is 0 Å². The largest absolute Gasteiger partial charge is 0.480 e. The lowest BCUT2D eigenvalue weighted by molar-refractivity contribution is -0.142. The van der Waals surface area contributed by atoms with E-state index in [1.807, 2.05) is 0 Å². The molecule has 0 saturated carbocycles. The highest BCUT2D eigenvalue weighted by Gasteiger charge is 2.28. The molecule has 1 aromatic heterocycles. The molecule has 0 fully saturated rings. The number of carboxylic acids is 1. The van der Waals surface area contributed by atoms with Crippen molar-refractivity contribution in [3.8, 4) is 0 Å². The Kier molecular flexibility index (Phi) is 7.31. The third-order valence-corrected chi connectivity index (χ3v) is 1.76. The fraction of sp³-hybridized carbons (Fsp3) is 0.333. The van der Waals surface area contributed by atoms with Gasteiger partial charge in [-0.2, -0.15) is 0 Å². The van der Waals surface area contributed by atoms with Crippen LogP contribution in [0.15, 0.2) is 24.4 Å². The first kappa shape index (κ1) is 16.6. The monoisotopic (exact) mass is 252 g/mol. The second-order valence-corrected chi connectivity index (χ2v) is 3.22. The minimum Gasteiger partial charge on any atom is -0.480 e. The van der Waals surface area contributed by atoms with E-state index in [0.29, 0.717) is 5.69 Å². The van der Waals surface area contributed by atoms with Crippen LogP contribution < -0.4 is 5.73 Å². The zero-order chi connectivity index (χ0) is 9.90. The molecule has 86 valence electrons. The molecule has 0 spiro atoms. The summed E-state index contributed by atoms with van der Waals surface area (Å²) < 4.78 is 0. The highest BCUT2D eigenvalue weighted by atomic mass is 35.5. The van der Waals surface area contributed by atoms with Crippen molar-refractivity contribution in [2.24, 2.45) is 5.73 Å². The third kappa shape index (κ3) is 4.97. The van der Waals surface area contributed by atoms with Gasteiger partial charge in [0.2, 0.25) is 0 Å². The molecule has 1 aromatic rings. The van der Waals surface area contributed by atoms with Crippen molar-refractivity contribution < 1.29 is 9.90 Å². The van der Waals surface area contributed by atoms with Gasteiger partial charge in [-0.25, -0.2) is 0 Å². The first-order valence-corrected chi connectivity index (χ1v) is 3.94. The smallest absolute Gasteiger partial charge is 0.323 e. The number of rotatable bonds is 3. The molecule has 0 aliphatic rings. The molecule has 0 saturated heterocycles. The minimum absolute atomic E-state index is 0. The lowest BCUT2D eigenvalue weighted by Gasteiger charge is -2.17. The Bertz CT molecular complexity index is 304. The Morgan fingerprint density at radius 3 is 2.53 bits per heavy atom. The van der Waals surface area contributed by atoms with Crippen molar-refractivity contribution in [3.05, 3.63) is 30.1 Å². The third-order valence-electron chi connectivity index (χ3n) is 1.76. The molecule has 0 radical (unpaired) electrons. The predicted octanol–water partition coefficient (Wildman–Crippen LogP) is 1.27. The molecule has 1 atom stereocenters. The molecule has 1 rings (SSSR count). The number of aliphatic carboxylic acids is 1. The maximum absolute atomic E-state index is 10.7. The average molecular weight is 253 g/mol. The zero-order valence-electron chi connectivity index (χ0n) is 8.21. The lowest BCUT2D eigenvalue weighted by atomic mass is 9.97. The van der Waals surface area contributed by atoms with Crippen LogP contribution in [0.4, 0.5) is 0 Å². The molecule has 3 N–H and O–H groups in total. The van der Waals surface area contributed by atoms with Crippen LogP contribution in [0.3, 0.4) is 0 Å². The SMILES string of the molecule is CC(N)(Cc1ccccn1)C(=O)O.Cl.Cl. The van der Waals surface area contributed by atoms with E-state index in [2.05, 4.69) is 4.98 Å². The number of pyridine rings is 1. The average Bonchev–Trinajstić information content (AvgIpc) is 2.05. The van der Waals surface area contributed by atoms with Crippen LogP contribution in [0.5, 0.6) is 0 Å². The summed E-state index contributed by atoms with van der Waals surface area (Å²) in [6, 6.07) is 5.34. The molecule has 0 bridgehead atoms. The standard InChI is InChI=1S/C9H12N2O2.2ClH/c1-9(10,8(12)13)6-7-4-2-3-5-11-7;;/h2-5H,6,10H2,1H3,(H,12,13);2*1H. The summed E-state index contributed by atoms with van der Waals surface area (Å²) in [6.45, 7) is 1.48. The molecule has 1 heterocycles. The van der Waals surface area contributed by atoms with Crippen LogP contribution >= 0.6 is 24.8 Å². The van der Waals surface area contributed by atoms with E-state index < -0.39 is 11.5 Å². The molecular formula is C9H14Cl2N2O2. The number of hydrogen-bond donors (Lipinski definition) is 2. The van der Waals surface area contributed by atoms with Gasteiger partial charge in [0.15, 0.2) is 0 Å². The van der Waals surface area contributed by atoms with E-state index in [4.69, 9.17) is 10.8 Å². The first-order chi connectivity index (χ1) is 6.02. The van der Waals surface area contributed by atoms with Gasteiger partial charge in [-0.3, -0.25) is 9.78 Å². The molecule has 6 heteroatoms. The molecule has 0 aromatic carbocycles. The fourth-order valence-electron chi connectivity index (χ4n) is 0.955. The first-order valence-electron chi connectivity index (χ1n) is 3.94. The predicted molar refractivity (Wildman–Crippen MR) is 62.7 cm³/mol. The lowest BCUT2D eigenvalue weighted by Crippen LogP contribution is -2.46. The summed E-state index contributed by atoms with van der Waals surface area (Å²) in [5.74, 6) is -1.02. The summed E-state index contributed by atoms with van der Waals surface area (Å²) in [5, 5.41) is 8.75. The van der Waals surface area contributed by atoms with Crippen LogP contribution in [0.2, 0.25) is 0 Å². The van der Waals surface area contributed by atoms with Gasteiger partial charge in [0.05, 0.1) is 0 Å². The van der Waals surface area contributed by atoms with Gasteiger partial charge < -0.3 is 10.8 Å². The van der Waals surface area contributed by atoms with E-state index in [9.17, 15) is 4.79 Å². The van der Waals surface area contributed by atoms with Crippen LogP contribution in [0, 0.1) is 0 Å². The van der Waals surface area contributed by atoms with Crippen LogP contribution in [0.25, 0.3) is 0 Å². The van der Waals surface area contributed by atoms with Gasteiger partial charge in [-0.15, -0.1) is 24.8 Å². The maximum atomic E-state index is 10.7. The number of halogens is 2. The molecule has 0 amide bonds. The Hall–Kier alpha value is -0.840. The summed E-state index contributed by atoms with van der Waals surface area (Å²) in [6.07, 6.45) is 1.86. The Balaban J connectivity index is 0. The summed E-state index contributed by atoms with van der Waals surface area (Å²) >= 11 is 0. The Labute approximate surface area is 101 Å². The Morgan fingerprint density at radius 1 is 1.53 bits per heavy atom. The molecule has 15 heavy (non-hydrogen) atoms. The molecule has 0 aliphatic heterocycles. The van der Waals surface area contributed by atoms with E-state index in [-0.39, 0.29) is 31.2 Å². The minimum atomic E-state index is -1.24. The fourth-order valence-corrected chi connectivity index (χ4v) is 0.955. The van der Waals surface area contributed by atoms with E-state index in [0.717, 1.165) is 0 Å². The molecular weight excluding hydrogens is 239 g/mol. The van der Waals surface area contributed by atoms with Crippen molar-refractivity contribution in [3.63, 3.8) is 0 Å². The quantitative estimate of drug-likeness (QED) is 0.850. The molecule has 1 unspecified atom stereocenters. The van der Waals surface area contributed by atoms with Gasteiger partial charge in [0.1, 0.15) is 5.54 Å². The van der Waals surface area contributed by atoms with E-state index in [1.54, 1.807) is 24.4 Å². The topological polar surface area (TPSA) is 76.2 Å². The van der Waals surface area contributed by atoms with Gasteiger partial charge >= 0.3 is 5.97 Å². The normalized spacial score (nSPS) is 12.9. The number of aromatic nitrogens is 1. The Morgan fingerprint density at radius 2 is 2.13 bits per heavy atom. The van der Waals surface area contributed by atoms with Crippen molar-refractivity contribution in [2.75, 3.05) is 0 Å². The van der Waals surface area contributed by atoms with Crippen molar-refractivity contribution >= 4 is 30.8 Å². The van der Waals surface area contributed by atoms with Crippen molar-refractivity contribution in [1.82, 2.24) is 4.98 Å². The second-order valence-electron chi connectivity index (χ2n) is 3.22. The van der Waals surface area contributed by atoms with Crippen LogP contribution in [-0.4, -0.2) is 21.6 Å². The van der Waals surface area contributed by atoms with E-state index in [1.165, 1.54) is 6.92 Å². The van der Waals surface area contributed by atoms with Crippen LogP contribution in [-0.2, 0) is 11.2 Å². The summed E-state index contributed by atoms with van der Waals surface area (Å²) in [5.41, 5.74) is 5.00. The molecule has 4 nitrogen and oxygen atoms in total. The summed E-state index contributed by atoms with van der Waals surface area (Å²) in [4.78, 5) is 14.7. The van der Waals surface area contributed by atoms with Gasteiger partial charge in [-0.1, -0.05) is 6.07 Å². The van der Waals surface area contributed by atoms with Crippen LogP contribution in [0.1, 0.15) is 12.6 Å². The number of nitrogens with two attached hydrogens (primary N) is 1. The highest BCUT2D eigenvalue weighted by molar-refractivity contribution is 5.85. The summed E-state index contributed by atoms with van der Waals surface area (Å²) in [7, 11) is 0. The number of carboxylic acid groups (broad SMARTS) is 1. The van der Waals surface area contributed by atoms with Gasteiger partial charge in [0.25, 0.3) is 0 Å². The molecule has 0 aliphatic carbocycles. The number of nitrogens with zero attached hydrogens (tertiary/aromatic N) is 1.